The number of pyridine rings is 1. The Morgan fingerprint density at radius 2 is 2.17 bits per heavy atom. The first-order valence-electron chi connectivity index (χ1n) is 7.67. The third kappa shape index (κ3) is 2.72. The second-order valence-electron chi connectivity index (χ2n) is 5.65. The highest BCUT2D eigenvalue weighted by atomic mass is 32.1. The lowest BCUT2D eigenvalue weighted by Gasteiger charge is -2.16. The summed E-state index contributed by atoms with van der Waals surface area (Å²) in [7, 11) is 0. The average Bonchev–Trinajstić information content (AvgIpc) is 2.98. The van der Waals surface area contributed by atoms with E-state index in [0.717, 1.165) is 42.7 Å². The minimum atomic E-state index is -0.308. The van der Waals surface area contributed by atoms with Crippen molar-refractivity contribution in [2.45, 2.75) is 32.1 Å². The van der Waals surface area contributed by atoms with Crippen molar-refractivity contribution < 1.29 is 14.3 Å². The Bertz CT molecular complexity index is 800. The fourth-order valence-electron chi connectivity index (χ4n) is 2.86. The molecule has 0 spiro atoms. The smallest absolute Gasteiger partial charge is 0.276 e. The lowest BCUT2D eigenvalue weighted by atomic mass is 10.0. The zero-order valence-electron chi connectivity index (χ0n) is 12.4. The molecule has 118 valence electrons. The van der Waals surface area contributed by atoms with E-state index in [0.29, 0.717) is 28.7 Å². The van der Waals surface area contributed by atoms with Crippen molar-refractivity contribution in [1.82, 2.24) is 9.97 Å². The number of Topliss-reactive ketones (excluding diaryl/α,β-unsaturated/α-hetero) is 1. The molecular formula is C16H15N3O3S. The topological polar surface area (TPSA) is 81.2 Å². The molecule has 0 aromatic carbocycles. The molecule has 1 amide bonds. The maximum Gasteiger partial charge on any atom is 0.276 e. The molecule has 0 atom stereocenters. The zero-order chi connectivity index (χ0) is 15.8. The minimum Gasteiger partial charge on any atom is -0.492 e. The van der Waals surface area contributed by atoms with Crippen LogP contribution in [-0.2, 0) is 12.8 Å². The molecule has 4 rings (SSSR count). The first kappa shape index (κ1) is 14.3. The number of ether oxygens (including phenoxy) is 1. The summed E-state index contributed by atoms with van der Waals surface area (Å²) in [4.78, 5) is 33.4. The Hall–Kier alpha value is -2.28. The molecule has 0 radical (unpaired) electrons. The number of nitrogens with zero attached hydrogens (tertiary/aromatic N) is 2. The van der Waals surface area contributed by atoms with E-state index < -0.39 is 0 Å². The van der Waals surface area contributed by atoms with Gasteiger partial charge in [-0.1, -0.05) is 11.3 Å². The second-order valence-corrected chi connectivity index (χ2v) is 6.65. The lowest BCUT2D eigenvalue weighted by molar-refractivity contribution is 0.0975. The molecule has 2 aromatic heterocycles. The van der Waals surface area contributed by atoms with Gasteiger partial charge >= 0.3 is 0 Å². The van der Waals surface area contributed by atoms with Crippen LogP contribution in [-0.4, -0.2) is 28.3 Å². The Kier molecular flexibility index (Phi) is 3.57. The predicted octanol–water partition coefficient (Wildman–Crippen LogP) is 2.63. The quantitative estimate of drug-likeness (QED) is 0.916. The highest BCUT2D eigenvalue weighted by Crippen LogP contribution is 2.30. The van der Waals surface area contributed by atoms with Crippen LogP contribution in [0.5, 0.6) is 5.75 Å². The van der Waals surface area contributed by atoms with Crippen molar-refractivity contribution in [3.8, 4) is 5.75 Å². The SMILES string of the molecule is O=C(Nc1nc2c(s1)C(=O)CCC2)c1cc2c(cn1)OCCC2. The molecule has 3 heterocycles. The number of rotatable bonds is 2. The summed E-state index contributed by atoms with van der Waals surface area (Å²) in [6.07, 6.45) is 5.61. The maximum absolute atomic E-state index is 12.4. The molecule has 1 aliphatic carbocycles. The van der Waals surface area contributed by atoms with Crippen LogP contribution >= 0.6 is 11.3 Å². The van der Waals surface area contributed by atoms with E-state index in [2.05, 4.69) is 15.3 Å². The Morgan fingerprint density at radius 1 is 1.26 bits per heavy atom. The van der Waals surface area contributed by atoms with Crippen LogP contribution in [0, 0.1) is 0 Å². The monoisotopic (exact) mass is 329 g/mol. The number of hydrogen-bond donors (Lipinski definition) is 1. The fourth-order valence-corrected chi connectivity index (χ4v) is 3.84. The lowest BCUT2D eigenvalue weighted by Crippen LogP contribution is -2.16. The van der Waals surface area contributed by atoms with Gasteiger partial charge in [0, 0.05) is 6.42 Å². The fraction of sp³-hybridized carbons (Fsp3) is 0.375. The van der Waals surface area contributed by atoms with Gasteiger partial charge in [0.15, 0.2) is 10.9 Å². The second kappa shape index (κ2) is 5.73. The molecule has 6 nitrogen and oxygen atoms in total. The molecular weight excluding hydrogens is 314 g/mol. The summed E-state index contributed by atoms with van der Waals surface area (Å²) >= 11 is 1.25. The highest BCUT2D eigenvalue weighted by molar-refractivity contribution is 7.17. The highest BCUT2D eigenvalue weighted by Gasteiger charge is 2.23. The van der Waals surface area contributed by atoms with Crippen LogP contribution in [0.25, 0.3) is 0 Å². The van der Waals surface area contributed by atoms with E-state index in [1.807, 2.05) is 0 Å². The summed E-state index contributed by atoms with van der Waals surface area (Å²) in [5.74, 6) is 0.563. The van der Waals surface area contributed by atoms with Gasteiger partial charge in [0.1, 0.15) is 11.4 Å². The third-order valence-electron chi connectivity index (χ3n) is 4.02. The number of anilines is 1. The van der Waals surface area contributed by atoms with Crippen molar-refractivity contribution in [1.29, 1.82) is 0 Å². The number of hydrogen-bond acceptors (Lipinski definition) is 6. The molecule has 0 saturated carbocycles. The number of aryl methyl sites for hydroxylation is 2. The van der Waals surface area contributed by atoms with Crippen molar-refractivity contribution >= 4 is 28.2 Å². The van der Waals surface area contributed by atoms with Gasteiger partial charge in [-0.15, -0.1) is 0 Å². The number of carbonyl (C=O) groups is 2. The van der Waals surface area contributed by atoms with Gasteiger partial charge in [0.25, 0.3) is 5.91 Å². The molecule has 0 unspecified atom stereocenters. The standard InChI is InChI=1S/C16H15N3O3S/c20-12-5-1-4-10-14(12)23-16(18-10)19-15(21)11-7-9-3-2-6-22-13(9)8-17-11/h7-8H,1-6H2,(H,18,19,21). The van der Waals surface area contributed by atoms with Crippen LogP contribution in [0.2, 0.25) is 0 Å². The van der Waals surface area contributed by atoms with E-state index in [1.165, 1.54) is 11.3 Å². The molecule has 1 N–H and O–H groups in total. The molecule has 7 heteroatoms. The van der Waals surface area contributed by atoms with E-state index in [-0.39, 0.29) is 11.7 Å². The first-order valence-corrected chi connectivity index (χ1v) is 8.48. The summed E-state index contributed by atoms with van der Waals surface area (Å²) in [6.45, 7) is 0.693. The van der Waals surface area contributed by atoms with Gasteiger partial charge in [0.2, 0.25) is 0 Å². The molecule has 0 saturated heterocycles. The van der Waals surface area contributed by atoms with Crippen molar-refractivity contribution in [3.05, 3.63) is 34.1 Å². The summed E-state index contributed by atoms with van der Waals surface area (Å²) in [5, 5.41) is 3.22. The van der Waals surface area contributed by atoms with E-state index in [1.54, 1.807) is 12.3 Å². The van der Waals surface area contributed by atoms with E-state index >= 15 is 0 Å². The molecule has 0 bridgehead atoms. The van der Waals surface area contributed by atoms with Crippen LogP contribution < -0.4 is 10.1 Å². The number of ketones is 1. The normalized spacial score (nSPS) is 16.3. The number of carbonyl (C=O) groups excluding carboxylic acids is 2. The number of aromatic nitrogens is 2. The van der Waals surface area contributed by atoms with Gasteiger partial charge < -0.3 is 4.74 Å². The van der Waals surface area contributed by atoms with Crippen LogP contribution in [0.3, 0.4) is 0 Å². The summed E-state index contributed by atoms with van der Waals surface area (Å²) in [6, 6.07) is 1.77. The van der Waals surface area contributed by atoms with Gasteiger partial charge in [-0.25, -0.2) is 9.97 Å². The summed E-state index contributed by atoms with van der Waals surface area (Å²) in [5.41, 5.74) is 2.15. The third-order valence-corrected chi connectivity index (χ3v) is 5.07. The van der Waals surface area contributed by atoms with Crippen LogP contribution in [0.4, 0.5) is 5.13 Å². The summed E-state index contributed by atoms with van der Waals surface area (Å²) < 4.78 is 5.50. The number of fused-ring (bicyclic) bond motifs is 2. The Morgan fingerprint density at radius 3 is 3.04 bits per heavy atom. The molecule has 0 fully saturated rings. The van der Waals surface area contributed by atoms with E-state index in [4.69, 9.17) is 4.74 Å². The Balaban J connectivity index is 1.55. The number of thiazole rings is 1. The molecule has 23 heavy (non-hydrogen) atoms. The zero-order valence-corrected chi connectivity index (χ0v) is 13.2. The van der Waals surface area contributed by atoms with Gasteiger partial charge in [-0.2, -0.15) is 0 Å². The minimum absolute atomic E-state index is 0.119. The van der Waals surface area contributed by atoms with Crippen LogP contribution in [0.15, 0.2) is 12.3 Å². The average molecular weight is 329 g/mol. The molecule has 2 aliphatic rings. The van der Waals surface area contributed by atoms with Crippen molar-refractivity contribution in [2.75, 3.05) is 11.9 Å². The first-order chi connectivity index (χ1) is 11.2. The maximum atomic E-state index is 12.4. The van der Waals surface area contributed by atoms with E-state index in [9.17, 15) is 9.59 Å². The molecule has 1 aliphatic heterocycles. The predicted molar refractivity (Wildman–Crippen MR) is 85.4 cm³/mol. The van der Waals surface area contributed by atoms with Gasteiger partial charge in [-0.05, 0) is 37.3 Å². The van der Waals surface area contributed by atoms with Crippen LogP contribution in [0.1, 0.15) is 50.7 Å². The largest absolute Gasteiger partial charge is 0.492 e. The number of amides is 1. The van der Waals surface area contributed by atoms with Crippen molar-refractivity contribution in [2.24, 2.45) is 0 Å². The Labute approximate surface area is 136 Å². The number of nitrogens with one attached hydrogen (secondary N) is 1. The van der Waals surface area contributed by atoms with Gasteiger partial charge in [-0.3, -0.25) is 14.9 Å². The molecule has 2 aromatic rings. The van der Waals surface area contributed by atoms with Crippen molar-refractivity contribution in [3.63, 3.8) is 0 Å². The van der Waals surface area contributed by atoms with Gasteiger partial charge in [0.05, 0.1) is 23.4 Å².